The van der Waals surface area contributed by atoms with E-state index in [1.165, 1.54) is 12.2 Å². The lowest BCUT2D eigenvalue weighted by Crippen LogP contribution is -2.29. The topological polar surface area (TPSA) is 61.8 Å². The van der Waals surface area contributed by atoms with Gasteiger partial charge in [-0.15, -0.1) is 0 Å². The van der Waals surface area contributed by atoms with Crippen molar-refractivity contribution in [1.82, 2.24) is 0 Å². The molecule has 24 heavy (non-hydrogen) atoms. The van der Waals surface area contributed by atoms with Gasteiger partial charge in [0, 0.05) is 18.8 Å². The van der Waals surface area contributed by atoms with Gasteiger partial charge in [-0.05, 0) is 45.4 Å². The second-order valence-electron chi connectivity index (χ2n) is 5.94. The minimum Gasteiger partial charge on any atom is -0.463 e. The van der Waals surface area contributed by atoms with Gasteiger partial charge in [0.05, 0.1) is 12.2 Å². The Labute approximate surface area is 146 Å². The van der Waals surface area contributed by atoms with E-state index in [9.17, 15) is 9.59 Å². The molecule has 0 N–H and O–H groups in total. The second-order valence-corrected chi connectivity index (χ2v) is 5.94. The first-order chi connectivity index (χ1) is 11.4. The van der Waals surface area contributed by atoms with Crippen LogP contribution in [-0.2, 0) is 23.8 Å². The van der Waals surface area contributed by atoms with Gasteiger partial charge in [0.25, 0.3) is 0 Å². The predicted octanol–water partition coefficient (Wildman–Crippen LogP) is 3.97. The molecule has 5 heteroatoms. The van der Waals surface area contributed by atoms with E-state index in [4.69, 9.17) is 14.2 Å². The summed E-state index contributed by atoms with van der Waals surface area (Å²) in [5, 5.41) is 0. The van der Waals surface area contributed by atoms with E-state index in [1.54, 1.807) is 0 Å². The Balaban J connectivity index is 4.04. The highest BCUT2D eigenvalue weighted by Gasteiger charge is 2.22. The molecule has 2 unspecified atom stereocenters. The Bertz CT molecular complexity index is 405. The molecule has 0 aromatic rings. The summed E-state index contributed by atoms with van der Waals surface area (Å²) in [4.78, 5) is 22.2. The van der Waals surface area contributed by atoms with Gasteiger partial charge in [0.15, 0.2) is 0 Å². The Morgan fingerprint density at radius 3 is 2.29 bits per heavy atom. The summed E-state index contributed by atoms with van der Waals surface area (Å²) in [6, 6.07) is 0. The van der Waals surface area contributed by atoms with Crippen molar-refractivity contribution in [2.75, 3.05) is 13.2 Å². The standard InChI is InChI=1S/C19H32O5/c1-6-16(24-18(21)8-3)12-10-15-23-19(5,9-4)13-11-14-22-17(20)7-2/h7-8,16H,2-3,6,9-15H2,1,4-5H3. The number of ether oxygens (including phenoxy) is 3. The molecule has 0 spiro atoms. The lowest BCUT2D eigenvalue weighted by Gasteiger charge is -2.29. The summed E-state index contributed by atoms with van der Waals surface area (Å²) < 4.78 is 16.2. The number of carbonyl (C=O) groups is 2. The fourth-order valence-corrected chi connectivity index (χ4v) is 2.22. The van der Waals surface area contributed by atoms with E-state index in [-0.39, 0.29) is 17.7 Å². The molecule has 0 saturated heterocycles. The third kappa shape index (κ3) is 10.2. The molecule has 0 amide bonds. The molecule has 0 heterocycles. The van der Waals surface area contributed by atoms with Crippen LogP contribution in [0.5, 0.6) is 0 Å². The molecule has 2 atom stereocenters. The Hall–Kier alpha value is -1.62. The molecule has 0 aromatic heterocycles. The molecule has 0 aliphatic rings. The molecular formula is C19H32O5. The molecule has 5 nitrogen and oxygen atoms in total. The zero-order valence-corrected chi connectivity index (χ0v) is 15.3. The summed E-state index contributed by atoms with van der Waals surface area (Å²) in [6.45, 7) is 13.9. The van der Waals surface area contributed by atoms with Crippen molar-refractivity contribution < 1.29 is 23.8 Å². The van der Waals surface area contributed by atoms with Gasteiger partial charge >= 0.3 is 11.9 Å². The number of rotatable bonds is 14. The lowest BCUT2D eigenvalue weighted by molar-refractivity contribution is -0.143. The Morgan fingerprint density at radius 2 is 1.75 bits per heavy atom. The summed E-state index contributed by atoms with van der Waals surface area (Å²) in [5.74, 6) is -0.774. The minimum atomic E-state index is -0.395. The summed E-state index contributed by atoms with van der Waals surface area (Å²) >= 11 is 0. The number of hydrogen-bond acceptors (Lipinski definition) is 5. The molecule has 0 aliphatic carbocycles. The van der Waals surface area contributed by atoms with Crippen molar-refractivity contribution in [3.8, 4) is 0 Å². The first-order valence-electron chi connectivity index (χ1n) is 8.67. The Kier molecular flexibility index (Phi) is 11.9. The highest BCUT2D eigenvalue weighted by atomic mass is 16.5. The molecule has 138 valence electrons. The number of carbonyl (C=O) groups excluding carboxylic acids is 2. The minimum absolute atomic E-state index is 0.0923. The molecule has 0 fully saturated rings. The van der Waals surface area contributed by atoms with Crippen LogP contribution in [0.1, 0.15) is 59.3 Å². The summed E-state index contributed by atoms with van der Waals surface area (Å²) in [7, 11) is 0. The van der Waals surface area contributed by atoms with Gasteiger partial charge in [0.1, 0.15) is 6.10 Å². The largest absolute Gasteiger partial charge is 0.463 e. The van der Waals surface area contributed by atoms with E-state index < -0.39 is 5.97 Å². The van der Waals surface area contributed by atoms with Gasteiger partial charge in [0.2, 0.25) is 0 Å². The van der Waals surface area contributed by atoms with E-state index in [0.717, 1.165) is 38.5 Å². The van der Waals surface area contributed by atoms with E-state index in [1.807, 2.05) is 6.92 Å². The summed E-state index contributed by atoms with van der Waals surface area (Å²) in [5.41, 5.74) is -0.236. The van der Waals surface area contributed by atoms with E-state index in [2.05, 4.69) is 27.0 Å². The van der Waals surface area contributed by atoms with Crippen LogP contribution in [0.4, 0.5) is 0 Å². The SMILES string of the molecule is C=CC(=O)OCCCC(C)(CC)OCCCC(CC)OC(=O)C=C. The maximum Gasteiger partial charge on any atom is 0.330 e. The van der Waals surface area contributed by atoms with Gasteiger partial charge in [-0.25, -0.2) is 9.59 Å². The van der Waals surface area contributed by atoms with Crippen LogP contribution >= 0.6 is 0 Å². The second kappa shape index (κ2) is 12.8. The highest BCUT2D eigenvalue weighted by Crippen LogP contribution is 2.22. The molecular weight excluding hydrogens is 308 g/mol. The van der Waals surface area contributed by atoms with Gasteiger partial charge in [-0.3, -0.25) is 0 Å². The van der Waals surface area contributed by atoms with E-state index in [0.29, 0.717) is 13.2 Å². The summed E-state index contributed by atoms with van der Waals surface area (Å²) in [6.07, 6.45) is 7.08. The average molecular weight is 340 g/mol. The third-order valence-electron chi connectivity index (χ3n) is 4.03. The zero-order valence-electron chi connectivity index (χ0n) is 15.3. The molecule has 0 bridgehead atoms. The van der Waals surface area contributed by atoms with E-state index >= 15 is 0 Å². The molecule has 0 aliphatic heterocycles. The predicted molar refractivity (Wildman–Crippen MR) is 94.6 cm³/mol. The molecule has 0 saturated carbocycles. The average Bonchev–Trinajstić information content (AvgIpc) is 2.60. The third-order valence-corrected chi connectivity index (χ3v) is 4.03. The van der Waals surface area contributed by atoms with Crippen molar-refractivity contribution in [2.24, 2.45) is 0 Å². The lowest BCUT2D eigenvalue weighted by atomic mass is 9.97. The smallest absolute Gasteiger partial charge is 0.330 e. The van der Waals surface area contributed by atoms with Crippen LogP contribution in [0.25, 0.3) is 0 Å². The van der Waals surface area contributed by atoms with Gasteiger partial charge in [-0.1, -0.05) is 27.0 Å². The van der Waals surface area contributed by atoms with Crippen LogP contribution in [-0.4, -0.2) is 36.9 Å². The molecule has 0 radical (unpaired) electrons. The van der Waals surface area contributed by atoms with Crippen LogP contribution in [0.2, 0.25) is 0 Å². The Morgan fingerprint density at radius 1 is 1.08 bits per heavy atom. The first kappa shape index (κ1) is 22.4. The molecule has 0 aromatic carbocycles. The molecule has 0 rings (SSSR count). The highest BCUT2D eigenvalue weighted by molar-refractivity contribution is 5.81. The van der Waals surface area contributed by atoms with Crippen molar-refractivity contribution in [3.63, 3.8) is 0 Å². The maximum absolute atomic E-state index is 11.2. The van der Waals surface area contributed by atoms with Crippen molar-refractivity contribution in [2.45, 2.75) is 71.0 Å². The number of hydrogen-bond donors (Lipinski definition) is 0. The first-order valence-corrected chi connectivity index (χ1v) is 8.67. The fourth-order valence-electron chi connectivity index (χ4n) is 2.22. The van der Waals surface area contributed by atoms with Crippen LogP contribution in [0.3, 0.4) is 0 Å². The van der Waals surface area contributed by atoms with Gasteiger partial charge < -0.3 is 14.2 Å². The van der Waals surface area contributed by atoms with Gasteiger partial charge in [-0.2, -0.15) is 0 Å². The zero-order chi connectivity index (χ0) is 18.4. The van der Waals surface area contributed by atoms with Crippen molar-refractivity contribution in [3.05, 3.63) is 25.3 Å². The van der Waals surface area contributed by atoms with Crippen LogP contribution in [0, 0.1) is 0 Å². The van der Waals surface area contributed by atoms with Crippen molar-refractivity contribution >= 4 is 11.9 Å². The quantitative estimate of drug-likeness (QED) is 0.272. The fraction of sp³-hybridized carbons (Fsp3) is 0.684. The normalized spacial score (nSPS) is 14.3. The van der Waals surface area contributed by atoms with Crippen LogP contribution < -0.4 is 0 Å². The number of esters is 2. The maximum atomic E-state index is 11.2. The monoisotopic (exact) mass is 340 g/mol. The van der Waals surface area contributed by atoms with Crippen molar-refractivity contribution in [1.29, 1.82) is 0 Å². The van der Waals surface area contributed by atoms with Crippen LogP contribution in [0.15, 0.2) is 25.3 Å².